The van der Waals surface area contributed by atoms with Crippen LogP contribution in [0.1, 0.15) is 54.9 Å². The smallest absolute Gasteiger partial charge is 0.573 e. The summed E-state index contributed by atoms with van der Waals surface area (Å²) in [5.74, 6) is -0.940. The number of aliphatic imine (C=N–C) groups is 1. The van der Waals surface area contributed by atoms with Gasteiger partial charge in [-0.1, -0.05) is 54.8 Å². The van der Waals surface area contributed by atoms with Crippen molar-refractivity contribution in [1.82, 2.24) is 9.62 Å². The number of nitrogens with one attached hydrogen (secondary N) is 1. The minimum Gasteiger partial charge on any atom is -0.772 e. The minimum atomic E-state index is -4.87. The van der Waals surface area contributed by atoms with Crippen LogP contribution in [0, 0.1) is 6.92 Å². The van der Waals surface area contributed by atoms with Crippen molar-refractivity contribution >= 4 is 38.9 Å². The summed E-state index contributed by atoms with van der Waals surface area (Å²) in [5.41, 5.74) is 0.930. The highest BCUT2D eigenvalue weighted by atomic mass is 32.2. The summed E-state index contributed by atoms with van der Waals surface area (Å²) in [7, 11) is -3.83. The normalized spacial score (nSPS) is 17.7. The summed E-state index contributed by atoms with van der Waals surface area (Å²) in [6.07, 6.45) is -1.21. The summed E-state index contributed by atoms with van der Waals surface area (Å²) in [6.45, 7) is 4.17. The van der Waals surface area contributed by atoms with Gasteiger partial charge < -0.3 is 19.7 Å². The van der Waals surface area contributed by atoms with E-state index in [2.05, 4.69) is 22.0 Å². The second kappa shape index (κ2) is 14.6. The summed E-state index contributed by atoms with van der Waals surface area (Å²) < 4.78 is 90.4. The number of aliphatic hydroxyl groups excluding tert-OH is 1. The number of nitrogens with zero attached hydrogens (tertiary/aromatic N) is 2. The van der Waals surface area contributed by atoms with Gasteiger partial charge in [0.15, 0.2) is 0 Å². The van der Waals surface area contributed by atoms with Crippen molar-refractivity contribution in [2.45, 2.75) is 57.2 Å². The van der Waals surface area contributed by atoms with Crippen LogP contribution in [0.15, 0.2) is 52.9 Å². The number of amides is 1. The van der Waals surface area contributed by atoms with Crippen molar-refractivity contribution in [3.8, 4) is 5.75 Å². The molecular weight excluding hydrogens is 611 g/mol. The van der Waals surface area contributed by atoms with E-state index in [0.717, 1.165) is 30.4 Å². The van der Waals surface area contributed by atoms with E-state index in [4.69, 9.17) is 5.11 Å². The van der Waals surface area contributed by atoms with E-state index in [1.807, 2.05) is 0 Å². The molecule has 2 aliphatic heterocycles. The zero-order valence-electron chi connectivity index (χ0n) is 23.6. The lowest BCUT2D eigenvalue weighted by Crippen LogP contribution is -2.50. The number of halogens is 3. The minimum absolute atomic E-state index is 0.0152. The van der Waals surface area contributed by atoms with Crippen LogP contribution in [0.2, 0.25) is 0 Å². The van der Waals surface area contributed by atoms with Gasteiger partial charge in [0.1, 0.15) is 17.1 Å². The lowest BCUT2D eigenvalue weighted by Gasteiger charge is -2.34. The fourth-order valence-corrected chi connectivity index (χ4v) is 6.13. The molecule has 2 aromatic rings. The Labute approximate surface area is 251 Å². The number of ether oxygens (including phenoxy) is 1. The molecule has 236 valence electrons. The maximum absolute atomic E-state index is 12.9. The van der Waals surface area contributed by atoms with Gasteiger partial charge in [-0.3, -0.25) is 14.0 Å². The van der Waals surface area contributed by atoms with Crippen molar-refractivity contribution in [2.75, 3.05) is 19.7 Å². The molecule has 1 saturated heterocycles. The van der Waals surface area contributed by atoms with Gasteiger partial charge in [0, 0.05) is 36.4 Å². The first kappa shape index (κ1) is 34.4. The molecule has 15 heteroatoms. The number of amidine groups is 1. The van der Waals surface area contributed by atoms with E-state index >= 15 is 0 Å². The molecule has 2 aliphatic rings. The molecule has 0 aliphatic carbocycles. The average Bonchev–Trinajstić information content (AvgIpc) is 3.23. The molecule has 1 atom stereocenters. The number of alkyl halides is 3. The molecule has 43 heavy (non-hydrogen) atoms. The van der Waals surface area contributed by atoms with Crippen molar-refractivity contribution in [2.24, 2.45) is 4.99 Å². The van der Waals surface area contributed by atoms with Crippen LogP contribution in [-0.4, -0.2) is 69.9 Å². The molecule has 2 heterocycles. The van der Waals surface area contributed by atoms with Gasteiger partial charge in [-0.25, -0.2) is 8.42 Å². The Morgan fingerprint density at radius 2 is 1.91 bits per heavy atom. The molecule has 0 radical (unpaired) electrons. The molecule has 1 spiro atoms. The van der Waals surface area contributed by atoms with Gasteiger partial charge in [0.2, 0.25) is 10.0 Å². The largest absolute Gasteiger partial charge is 0.772 e. The molecular formula is C28H33F3N3O7S2-. The Hall–Kier alpha value is -3.11. The highest BCUT2D eigenvalue weighted by Gasteiger charge is 2.47. The van der Waals surface area contributed by atoms with E-state index in [0.29, 0.717) is 23.3 Å². The molecule has 0 saturated carbocycles. The Morgan fingerprint density at radius 1 is 1.21 bits per heavy atom. The molecule has 2 N–H and O–H groups in total. The van der Waals surface area contributed by atoms with Crippen LogP contribution in [0.3, 0.4) is 0 Å². The van der Waals surface area contributed by atoms with Crippen LogP contribution in [0.5, 0.6) is 5.75 Å². The first-order chi connectivity index (χ1) is 20.2. The Balaban J connectivity index is 0.000000934. The molecule has 0 aromatic heterocycles. The van der Waals surface area contributed by atoms with Gasteiger partial charge >= 0.3 is 6.36 Å². The predicted octanol–water partition coefficient (Wildman–Crippen LogP) is 3.76. The Kier molecular flexibility index (Phi) is 11.7. The van der Waals surface area contributed by atoms with Crippen molar-refractivity contribution in [3.05, 3.63) is 70.1 Å². The third-order valence-electron chi connectivity index (χ3n) is 6.78. The van der Waals surface area contributed by atoms with Gasteiger partial charge in [-0.05, 0) is 61.1 Å². The van der Waals surface area contributed by atoms with Crippen molar-refractivity contribution in [3.63, 3.8) is 0 Å². The van der Waals surface area contributed by atoms with Crippen LogP contribution < -0.4 is 10.1 Å². The molecule has 2 aromatic carbocycles. The molecule has 0 bridgehead atoms. The molecule has 10 nitrogen and oxygen atoms in total. The number of carbonyl (C=O) groups excluding carboxylic acids is 1. The number of hydrogen-bond acceptors (Lipinski definition) is 8. The van der Waals surface area contributed by atoms with Crippen LogP contribution in [0.4, 0.5) is 13.2 Å². The maximum atomic E-state index is 12.9. The molecule has 1 fully saturated rings. The number of carbonyl (C=O) groups is 1. The fraction of sp³-hybridized carbons (Fsp3) is 0.429. The number of unbranched alkanes of at least 4 members (excludes halogenated alkanes) is 1. The fourth-order valence-electron chi connectivity index (χ4n) is 4.50. The van der Waals surface area contributed by atoms with Crippen LogP contribution in [-0.2, 0) is 31.7 Å². The highest BCUT2D eigenvalue weighted by molar-refractivity contribution is 7.92. The van der Waals surface area contributed by atoms with Crippen molar-refractivity contribution in [1.29, 1.82) is 0 Å². The number of sulfonamides is 1. The summed E-state index contributed by atoms with van der Waals surface area (Å²) in [6, 6.07) is 10.0. The highest BCUT2D eigenvalue weighted by Crippen LogP contribution is 2.33. The Bertz CT molecular complexity index is 1480. The van der Waals surface area contributed by atoms with Gasteiger partial charge in [-0.2, -0.15) is 4.31 Å². The van der Waals surface area contributed by atoms with Crippen molar-refractivity contribution < 1.29 is 45.0 Å². The number of rotatable bonds is 9. The van der Waals surface area contributed by atoms with Gasteiger partial charge in [0.25, 0.3) is 5.91 Å². The van der Waals surface area contributed by atoms with E-state index in [1.165, 1.54) is 22.5 Å². The maximum Gasteiger partial charge on any atom is 0.573 e. The second-order valence-corrected chi connectivity index (χ2v) is 12.7. The van der Waals surface area contributed by atoms with E-state index < -0.39 is 44.7 Å². The summed E-state index contributed by atoms with van der Waals surface area (Å²) in [5, 5.41) is 11.7. The van der Waals surface area contributed by atoms with E-state index in [-0.39, 0.29) is 43.1 Å². The standard InChI is InChI=1S/C24H24F3N3O6S2.C4H10O/c1-16-13-17(15-37(32)33)5-6-18(16)7-12-38(34,35)30-10-8-23(9-11-30)22(31)28-21(29-23)19-3-2-4-20(14-19)36-24(25,26)27;1-2-3-4-5/h2-7,12-14H,8-11,15H2,1H3,(H,32,33)(H,28,29,31);5H,2-4H2,1H3/p-1/b12-7+;. The SMILES string of the molecule is CCCCO.Cc1cc(CS(=O)[O-])ccc1/C=C/S(=O)(=O)N1CCC2(CC1)N=C(c1cccc(OC(F)(F)F)c1)NC2=O. The summed E-state index contributed by atoms with van der Waals surface area (Å²) in [4.78, 5) is 17.2. The number of benzene rings is 2. The number of piperidine rings is 1. The number of aliphatic hydroxyl groups is 1. The second-order valence-electron chi connectivity index (χ2n) is 9.98. The molecule has 1 unspecified atom stereocenters. The number of hydrogen-bond donors (Lipinski definition) is 2. The third-order valence-corrected chi connectivity index (χ3v) is 8.91. The Morgan fingerprint density at radius 3 is 2.47 bits per heavy atom. The predicted molar refractivity (Wildman–Crippen MR) is 155 cm³/mol. The van der Waals surface area contributed by atoms with Crippen LogP contribution >= 0.6 is 0 Å². The first-order valence-electron chi connectivity index (χ1n) is 13.4. The molecule has 1 amide bonds. The quantitative estimate of drug-likeness (QED) is 0.395. The van der Waals surface area contributed by atoms with Gasteiger partial charge in [0.05, 0.1) is 0 Å². The number of aryl methyl sites for hydroxylation is 1. The third kappa shape index (κ3) is 9.69. The molecule has 4 rings (SSSR count). The van der Waals surface area contributed by atoms with E-state index in [1.54, 1.807) is 25.1 Å². The first-order valence-corrected chi connectivity index (χ1v) is 16.1. The lowest BCUT2D eigenvalue weighted by atomic mass is 9.89. The van der Waals surface area contributed by atoms with Crippen LogP contribution in [0.25, 0.3) is 6.08 Å². The zero-order valence-corrected chi connectivity index (χ0v) is 25.2. The van der Waals surface area contributed by atoms with Gasteiger partial charge in [-0.15, -0.1) is 13.2 Å². The zero-order chi connectivity index (χ0) is 31.8. The topological polar surface area (TPSA) is 148 Å². The average molecular weight is 645 g/mol. The lowest BCUT2D eigenvalue weighted by molar-refractivity contribution is -0.274. The van der Waals surface area contributed by atoms with E-state index in [9.17, 15) is 35.1 Å². The monoisotopic (exact) mass is 644 g/mol. The summed E-state index contributed by atoms with van der Waals surface area (Å²) >= 11 is -2.23.